The summed E-state index contributed by atoms with van der Waals surface area (Å²) in [6, 6.07) is -0.155. The Morgan fingerprint density at radius 3 is 2.78 bits per heavy atom. The van der Waals surface area contributed by atoms with Gasteiger partial charge in [0.1, 0.15) is 0 Å². The molecule has 1 saturated heterocycles. The average molecular weight is 250 g/mol. The summed E-state index contributed by atoms with van der Waals surface area (Å²) >= 11 is 0. The van der Waals surface area contributed by atoms with Crippen molar-refractivity contribution in [1.29, 1.82) is 0 Å². The second-order valence-corrected chi connectivity index (χ2v) is 5.21. The standard InChI is InChI=1S/C14H22N2O2/c1-11(2)10-15-13-4-3-12(9-14(13)17)16-5-7-18-8-6-16/h3-4,9,11,13,15H,5-8,10H2,1-2H3/t13-/m0/s1. The molecule has 0 aromatic heterocycles. The number of ether oxygens (including phenoxy) is 1. The first-order valence-corrected chi connectivity index (χ1v) is 6.66. The van der Waals surface area contributed by atoms with E-state index < -0.39 is 0 Å². The van der Waals surface area contributed by atoms with Gasteiger partial charge in [-0.05, 0) is 18.5 Å². The number of carbonyl (C=O) groups excluding carboxylic acids is 1. The van der Waals surface area contributed by atoms with E-state index in [1.54, 1.807) is 6.08 Å². The number of ketones is 1. The summed E-state index contributed by atoms with van der Waals surface area (Å²) < 4.78 is 5.31. The zero-order valence-electron chi connectivity index (χ0n) is 11.2. The molecule has 1 atom stereocenters. The molecule has 100 valence electrons. The molecular formula is C14H22N2O2. The summed E-state index contributed by atoms with van der Waals surface area (Å²) in [6.07, 6.45) is 5.77. The van der Waals surface area contributed by atoms with E-state index in [4.69, 9.17) is 4.74 Å². The molecule has 0 saturated carbocycles. The van der Waals surface area contributed by atoms with Gasteiger partial charge in [0, 0.05) is 24.9 Å². The van der Waals surface area contributed by atoms with Crippen LogP contribution in [0.4, 0.5) is 0 Å². The molecular weight excluding hydrogens is 228 g/mol. The van der Waals surface area contributed by atoms with Gasteiger partial charge >= 0.3 is 0 Å². The van der Waals surface area contributed by atoms with Crippen LogP contribution in [0.15, 0.2) is 23.9 Å². The Hall–Kier alpha value is -1.13. The van der Waals surface area contributed by atoms with E-state index >= 15 is 0 Å². The highest BCUT2D eigenvalue weighted by atomic mass is 16.5. The maximum atomic E-state index is 12.0. The number of nitrogens with zero attached hydrogens (tertiary/aromatic N) is 1. The predicted molar refractivity (Wildman–Crippen MR) is 71.3 cm³/mol. The second kappa shape index (κ2) is 6.16. The third kappa shape index (κ3) is 3.43. The molecule has 0 aromatic carbocycles. The first kappa shape index (κ1) is 13.3. The number of carbonyl (C=O) groups is 1. The predicted octanol–water partition coefficient (Wildman–Crippen LogP) is 0.956. The highest BCUT2D eigenvalue weighted by Crippen LogP contribution is 2.14. The molecule has 4 nitrogen and oxygen atoms in total. The molecule has 2 rings (SSSR count). The Kier molecular flexibility index (Phi) is 4.55. The molecule has 0 bridgehead atoms. The summed E-state index contributed by atoms with van der Waals surface area (Å²) in [5.41, 5.74) is 1.02. The lowest BCUT2D eigenvalue weighted by molar-refractivity contribution is -0.115. The molecule has 1 aliphatic heterocycles. The smallest absolute Gasteiger partial charge is 0.178 e. The second-order valence-electron chi connectivity index (χ2n) is 5.21. The lowest BCUT2D eigenvalue weighted by Crippen LogP contribution is -2.40. The van der Waals surface area contributed by atoms with Gasteiger partial charge in [0.15, 0.2) is 5.78 Å². The van der Waals surface area contributed by atoms with E-state index in [9.17, 15) is 4.79 Å². The molecule has 2 aliphatic rings. The van der Waals surface area contributed by atoms with Gasteiger partial charge in [-0.15, -0.1) is 0 Å². The van der Waals surface area contributed by atoms with E-state index in [-0.39, 0.29) is 11.8 Å². The van der Waals surface area contributed by atoms with Gasteiger partial charge in [-0.25, -0.2) is 0 Å². The van der Waals surface area contributed by atoms with Crippen molar-refractivity contribution in [3.63, 3.8) is 0 Å². The summed E-state index contributed by atoms with van der Waals surface area (Å²) in [7, 11) is 0. The van der Waals surface area contributed by atoms with E-state index in [0.717, 1.165) is 38.5 Å². The molecule has 0 aromatic rings. The third-order valence-electron chi connectivity index (χ3n) is 3.18. The van der Waals surface area contributed by atoms with Crippen LogP contribution in [-0.2, 0) is 9.53 Å². The molecule has 0 amide bonds. The summed E-state index contributed by atoms with van der Waals surface area (Å²) in [4.78, 5) is 14.2. The van der Waals surface area contributed by atoms with Crippen molar-refractivity contribution < 1.29 is 9.53 Å². The monoisotopic (exact) mass is 250 g/mol. The largest absolute Gasteiger partial charge is 0.378 e. The number of rotatable bonds is 4. The number of hydrogen-bond acceptors (Lipinski definition) is 4. The Bertz CT molecular complexity index is 355. The lowest BCUT2D eigenvalue weighted by Gasteiger charge is -2.31. The van der Waals surface area contributed by atoms with E-state index in [0.29, 0.717) is 5.92 Å². The van der Waals surface area contributed by atoms with Gasteiger partial charge in [-0.3, -0.25) is 4.79 Å². The maximum Gasteiger partial charge on any atom is 0.178 e. The Balaban J connectivity index is 1.91. The molecule has 1 heterocycles. The number of morpholine rings is 1. The quantitative estimate of drug-likeness (QED) is 0.807. The fraction of sp³-hybridized carbons (Fsp3) is 0.643. The molecule has 1 N–H and O–H groups in total. The van der Waals surface area contributed by atoms with Crippen LogP contribution in [0.3, 0.4) is 0 Å². The zero-order chi connectivity index (χ0) is 13.0. The van der Waals surface area contributed by atoms with Crippen LogP contribution in [0.1, 0.15) is 13.8 Å². The van der Waals surface area contributed by atoms with Crippen molar-refractivity contribution in [2.24, 2.45) is 5.92 Å². The highest BCUT2D eigenvalue weighted by Gasteiger charge is 2.21. The SMILES string of the molecule is CC(C)CN[C@H]1C=CC(N2CCOCC2)=CC1=O. The maximum absolute atomic E-state index is 12.0. The van der Waals surface area contributed by atoms with Gasteiger partial charge in [-0.1, -0.05) is 19.9 Å². The third-order valence-corrected chi connectivity index (χ3v) is 3.18. The molecule has 0 radical (unpaired) electrons. The minimum absolute atomic E-state index is 0.152. The van der Waals surface area contributed by atoms with E-state index in [2.05, 4.69) is 24.1 Å². The number of nitrogens with one attached hydrogen (secondary N) is 1. The molecule has 4 heteroatoms. The van der Waals surface area contributed by atoms with Crippen molar-refractivity contribution in [1.82, 2.24) is 10.2 Å². The Morgan fingerprint density at radius 2 is 2.17 bits per heavy atom. The number of allylic oxidation sites excluding steroid dienone is 1. The fourth-order valence-corrected chi connectivity index (χ4v) is 2.12. The average Bonchev–Trinajstić information content (AvgIpc) is 2.38. The minimum Gasteiger partial charge on any atom is -0.378 e. The normalized spacial score (nSPS) is 24.6. The van der Waals surface area contributed by atoms with Gasteiger partial charge in [0.25, 0.3) is 0 Å². The van der Waals surface area contributed by atoms with Gasteiger partial charge < -0.3 is 15.0 Å². The van der Waals surface area contributed by atoms with Crippen LogP contribution < -0.4 is 5.32 Å². The number of hydrogen-bond donors (Lipinski definition) is 1. The minimum atomic E-state index is -0.155. The molecule has 1 fully saturated rings. The van der Waals surface area contributed by atoms with Gasteiger partial charge in [0.05, 0.1) is 19.3 Å². The zero-order valence-corrected chi connectivity index (χ0v) is 11.2. The molecule has 0 unspecified atom stereocenters. The van der Waals surface area contributed by atoms with Crippen LogP contribution in [0.5, 0.6) is 0 Å². The van der Waals surface area contributed by atoms with Crippen LogP contribution in [0, 0.1) is 5.92 Å². The summed E-state index contributed by atoms with van der Waals surface area (Å²) in [5.74, 6) is 0.704. The van der Waals surface area contributed by atoms with Crippen molar-refractivity contribution in [3.8, 4) is 0 Å². The first-order chi connectivity index (χ1) is 8.66. The highest BCUT2D eigenvalue weighted by molar-refractivity contribution is 5.97. The summed E-state index contributed by atoms with van der Waals surface area (Å²) in [6.45, 7) is 8.36. The summed E-state index contributed by atoms with van der Waals surface area (Å²) in [5, 5.41) is 3.27. The van der Waals surface area contributed by atoms with Crippen molar-refractivity contribution in [3.05, 3.63) is 23.9 Å². The Morgan fingerprint density at radius 1 is 1.44 bits per heavy atom. The van der Waals surface area contributed by atoms with Gasteiger partial charge in [-0.2, -0.15) is 0 Å². The Labute approximate surface area is 109 Å². The lowest BCUT2D eigenvalue weighted by atomic mass is 10.0. The van der Waals surface area contributed by atoms with Crippen LogP contribution in [-0.4, -0.2) is 49.6 Å². The van der Waals surface area contributed by atoms with Crippen molar-refractivity contribution in [2.75, 3.05) is 32.8 Å². The van der Waals surface area contributed by atoms with Gasteiger partial charge in [0.2, 0.25) is 0 Å². The van der Waals surface area contributed by atoms with Crippen molar-refractivity contribution >= 4 is 5.78 Å². The molecule has 18 heavy (non-hydrogen) atoms. The van der Waals surface area contributed by atoms with Crippen molar-refractivity contribution in [2.45, 2.75) is 19.9 Å². The topological polar surface area (TPSA) is 41.6 Å². The van der Waals surface area contributed by atoms with Crippen LogP contribution in [0.2, 0.25) is 0 Å². The van der Waals surface area contributed by atoms with Crippen LogP contribution in [0.25, 0.3) is 0 Å². The molecule has 0 spiro atoms. The first-order valence-electron chi connectivity index (χ1n) is 6.66. The molecule has 1 aliphatic carbocycles. The van der Waals surface area contributed by atoms with Crippen LogP contribution >= 0.6 is 0 Å². The fourth-order valence-electron chi connectivity index (χ4n) is 2.12. The van der Waals surface area contributed by atoms with E-state index in [1.807, 2.05) is 12.2 Å². The van der Waals surface area contributed by atoms with E-state index in [1.165, 1.54) is 0 Å².